The molecule has 0 saturated heterocycles. The van der Waals surface area contributed by atoms with Gasteiger partial charge in [-0.15, -0.1) is 10.2 Å². The van der Waals surface area contributed by atoms with Gasteiger partial charge in [-0.1, -0.05) is 6.92 Å². The fourth-order valence-corrected chi connectivity index (χ4v) is 3.17. The molecule has 0 saturated carbocycles. The van der Waals surface area contributed by atoms with E-state index in [9.17, 15) is 4.79 Å². The highest BCUT2D eigenvalue weighted by Gasteiger charge is 2.16. The van der Waals surface area contributed by atoms with Crippen LogP contribution in [0.25, 0.3) is 16.7 Å². The minimum absolute atomic E-state index is 0.0757. The molecule has 0 spiro atoms. The average Bonchev–Trinajstić information content (AvgIpc) is 3.16. The molecule has 1 atom stereocenters. The van der Waals surface area contributed by atoms with Crippen LogP contribution in [0.15, 0.2) is 12.1 Å². The van der Waals surface area contributed by atoms with Gasteiger partial charge in [-0.05, 0) is 33.1 Å². The lowest BCUT2D eigenvalue weighted by Gasteiger charge is -2.13. The largest absolute Gasteiger partial charge is 0.493 e. The predicted octanol–water partition coefficient (Wildman–Crippen LogP) is 3.32. The minimum Gasteiger partial charge on any atom is -0.493 e. The number of carbonyl (C=O) groups is 1. The number of hydrogen-bond acceptors (Lipinski definition) is 8. The summed E-state index contributed by atoms with van der Waals surface area (Å²) in [5.74, 6) is 2.62. The highest BCUT2D eigenvalue weighted by Crippen LogP contribution is 2.33. The lowest BCUT2D eigenvalue weighted by atomic mass is 10.2. The number of hydrogen-bond donors (Lipinski definition) is 2. The summed E-state index contributed by atoms with van der Waals surface area (Å²) in [5.41, 5.74) is 2.22. The number of unbranched alkanes of at least 4 members (excludes halogenated alkanes) is 1. The Morgan fingerprint density at radius 1 is 1.13 bits per heavy atom. The van der Waals surface area contributed by atoms with Crippen LogP contribution < -0.4 is 20.1 Å². The predicted molar refractivity (Wildman–Crippen MR) is 118 cm³/mol. The smallest absolute Gasteiger partial charge is 0.407 e. The first-order valence-corrected chi connectivity index (χ1v) is 10.4. The third-order valence-electron chi connectivity index (χ3n) is 5.04. The summed E-state index contributed by atoms with van der Waals surface area (Å²) in [6.07, 6.45) is 2.00. The van der Waals surface area contributed by atoms with Crippen LogP contribution in [0.5, 0.6) is 11.5 Å². The van der Waals surface area contributed by atoms with E-state index in [1.54, 1.807) is 14.2 Å². The van der Waals surface area contributed by atoms with Crippen LogP contribution in [0.2, 0.25) is 0 Å². The second-order valence-corrected chi connectivity index (χ2v) is 7.25. The lowest BCUT2D eigenvalue weighted by molar-refractivity contribution is 0.105. The van der Waals surface area contributed by atoms with Gasteiger partial charge in [0.25, 0.3) is 0 Å². The molecule has 2 aromatic heterocycles. The van der Waals surface area contributed by atoms with Crippen molar-refractivity contribution in [3.8, 4) is 11.5 Å². The number of anilines is 1. The SMILES string of the molecule is CCC(C)OC(=O)NCCCCNc1nc2cc(OC)c(OC)cc2n2c(C)nnc12. The van der Waals surface area contributed by atoms with Gasteiger partial charge < -0.3 is 24.8 Å². The summed E-state index contributed by atoms with van der Waals surface area (Å²) in [7, 11) is 3.19. The van der Waals surface area contributed by atoms with Crippen molar-refractivity contribution >= 4 is 28.6 Å². The van der Waals surface area contributed by atoms with Crippen molar-refractivity contribution in [3.05, 3.63) is 18.0 Å². The molecule has 0 fully saturated rings. The van der Waals surface area contributed by atoms with E-state index in [1.165, 1.54) is 0 Å². The summed E-state index contributed by atoms with van der Waals surface area (Å²) >= 11 is 0. The van der Waals surface area contributed by atoms with Crippen LogP contribution in [0, 0.1) is 6.92 Å². The first-order valence-electron chi connectivity index (χ1n) is 10.4. The van der Waals surface area contributed by atoms with Gasteiger partial charge >= 0.3 is 6.09 Å². The van der Waals surface area contributed by atoms with Gasteiger partial charge in [0.15, 0.2) is 17.3 Å². The van der Waals surface area contributed by atoms with Crippen LogP contribution in [0.1, 0.15) is 38.9 Å². The Labute approximate surface area is 181 Å². The van der Waals surface area contributed by atoms with Crippen molar-refractivity contribution in [2.75, 3.05) is 32.6 Å². The molecule has 1 aromatic carbocycles. The van der Waals surface area contributed by atoms with E-state index in [1.807, 2.05) is 37.3 Å². The van der Waals surface area contributed by atoms with E-state index in [2.05, 4.69) is 20.8 Å². The molecule has 0 aliphatic heterocycles. The van der Waals surface area contributed by atoms with Crippen LogP contribution in [0.4, 0.5) is 10.6 Å². The minimum atomic E-state index is -0.372. The Morgan fingerprint density at radius 2 is 1.84 bits per heavy atom. The fraction of sp³-hybridized carbons (Fsp3) is 0.524. The quantitative estimate of drug-likeness (QED) is 0.471. The second kappa shape index (κ2) is 10.1. The Morgan fingerprint density at radius 3 is 2.55 bits per heavy atom. The Bertz CT molecular complexity index is 1050. The number of amides is 1. The summed E-state index contributed by atoms with van der Waals surface area (Å²) in [4.78, 5) is 16.4. The molecule has 0 bridgehead atoms. The number of alkyl carbamates (subject to hydrolysis) is 1. The summed E-state index contributed by atoms with van der Waals surface area (Å²) in [6, 6.07) is 3.71. The first-order chi connectivity index (χ1) is 15.0. The van der Waals surface area contributed by atoms with Crippen LogP contribution in [0.3, 0.4) is 0 Å². The summed E-state index contributed by atoms with van der Waals surface area (Å²) in [5, 5.41) is 14.6. The molecule has 3 aromatic rings. The number of nitrogens with zero attached hydrogens (tertiary/aromatic N) is 4. The van der Waals surface area contributed by atoms with Gasteiger partial charge in [0.1, 0.15) is 11.9 Å². The molecule has 2 N–H and O–H groups in total. The number of aryl methyl sites for hydroxylation is 1. The number of ether oxygens (including phenoxy) is 3. The Hall–Kier alpha value is -3.30. The van der Waals surface area contributed by atoms with Crippen LogP contribution >= 0.6 is 0 Å². The average molecular weight is 431 g/mol. The number of carbonyl (C=O) groups excluding carboxylic acids is 1. The van der Waals surface area contributed by atoms with Gasteiger partial charge in [-0.3, -0.25) is 4.40 Å². The van der Waals surface area contributed by atoms with Gasteiger partial charge in [0, 0.05) is 25.2 Å². The number of aromatic nitrogens is 4. The van der Waals surface area contributed by atoms with Crippen molar-refractivity contribution in [1.29, 1.82) is 0 Å². The van der Waals surface area contributed by atoms with Gasteiger partial charge in [-0.2, -0.15) is 0 Å². The first kappa shape index (κ1) is 22.4. The number of rotatable bonds is 10. The fourth-order valence-electron chi connectivity index (χ4n) is 3.17. The maximum atomic E-state index is 11.6. The van der Waals surface area contributed by atoms with E-state index in [0.717, 1.165) is 36.1 Å². The van der Waals surface area contributed by atoms with Crippen molar-refractivity contribution in [3.63, 3.8) is 0 Å². The molecule has 0 radical (unpaired) electrons. The van der Waals surface area contributed by atoms with Crippen molar-refractivity contribution in [2.24, 2.45) is 0 Å². The molecule has 10 heteroatoms. The molecular weight excluding hydrogens is 400 g/mol. The van der Waals surface area contributed by atoms with E-state index in [4.69, 9.17) is 19.2 Å². The molecular formula is C21H30N6O4. The number of benzene rings is 1. The molecule has 168 valence electrons. The molecule has 1 amide bonds. The molecule has 1 unspecified atom stereocenters. The van der Waals surface area contributed by atoms with Crippen molar-refractivity contribution in [2.45, 2.75) is 46.1 Å². The highest BCUT2D eigenvalue weighted by molar-refractivity contribution is 5.85. The zero-order valence-corrected chi connectivity index (χ0v) is 18.7. The molecule has 31 heavy (non-hydrogen) atoms. The topological polar surface area (TPSA) is 112 Å². The molecule has 0 aliphatic rings. The number of fused-ring (bicyclic) bond motifs is 3. The Kier molecular flexibility index (Phi) is 7.32. The van der Waals surface area contributed by atoms with E-state index >= 15 is 0 Å². The highest BCUT2D eigenvalue weighted by atomic mass is 16.6. The standard InChI is InChI=1S/C21H30N6O4/c1-6-13(2)31-21(28)23-10-8-7-9-22-19-20-26-25-14(3)27(20)16-12-18(30-5)17(29-4)11-15(16)24-19/h11-13H,6-10H2,1-5H3,(H,22,24)(H,23,28). The van der Waals surface area contributed by atoms with Crippen LogP contribution in [-0.2, 0) is 4.74 Å². The third-order valence-corrected chi connectivity index (χ3v) is 5.04. The second-order valence-electron chi connectivity index (χ2n) is 7.25. The van der Waals surface area contributed by atoms with E-state index in [-0.39, 0.29) is 12.2 Å². The summed E-state index contributed by atoms with van der Waals surface area (Å²) < 4.78 is 18.0. The third kappa shape index (κ3) is 5.07. The Balaban J connectivity index is 1.67. The van der Waals surface area contributed by atoms with Crippen molar-refractivity contribution < 1.29 is 19.0 Å². The summed E-state index contributed by atoms with van der Waals surface area (Å²) in [6.45, 7) is 6.97. The van der Waals surface area contributed by atoms with Gasteiger partial charge in [0.05, 0.1) is 25.3 Å². The lowest BCUT2D eigenvalue weighted by Crippen LogP contribution is -2.28. The van der Waals surface area contributed by atoms with Gasteiger partial charge in [-0.25, -0.2) is 9.78 Å². The van der Waals surface area contributed by atoms with E-state index < -0.39 is 0 Å². The maximum absolute atomic E-state index is 11.6. The normalized spacial score (nSPS) is 12.0. The molecule has 2 heterocycles. The van der Waals surface area contributed by atoms with Crippen molar-refractivity contribution in [1.82, 2.24) is 24.9 Å². The zero-order chi connectivity index (χ0) is 22.4. The molecule has 10 nitrogen and oxygen atoms in total. The van der Waals surface area contributed by atoms with Gasteiger partial charge in [0.2, 0.25) is 5.65 Å². The molecule has 0 aliphatic carbocycles. The monoisotopic (exact) mass is 430 g/mol. The molecule has 3 rings (SSSR count). The maximum Gasteiger partial charge on any atom is 0.407 e. The zero-order valence-electron chi connectivity index (χ0n) is 18.7. The number of methoxy groups -OCH3 is 2. The number of nitrogens with one attached hydrogen (secondary N) is 2. The van der Waals surface area contributed by atoms with Crippen LogP contribution in [-0.4, -0.2) is 59.1 Å². The van der Waals surface area contributed by atoms with E-state index in [0.29, 0.717) is 36.1 Å².